The predicted octanol–water partition coefficient (Wildman–Crippen LogP) is 4.71. The highest BCUT2D eigenvalue weighted by Crippen LogP contribution is 2.34. The minimum Gasteiger partial charge on any atom is -0.460 e. The largest absolute Gasteiger partial charge is 0.460 e. The van der Waals surface area contributed by atoms with E-state index in [1.54, 1.807) is 70.7 Å². The summed E-state index contributed by atoms with van der Waals surface area (Å²) in [5.41, 5.74) is -0.360. The lowest BCUT2D eigenvalue weighted by Crippen LogP contribution is -2.57. The Hall–Kier alpha value is -4.70. The van der Waals surface area contributed by atoms with E-state index < -0.39 is 58.1 Å². The highest BCUT2D eigenvalue weighted by atomic mass is 32.2. The van der Waals surface area contributed by atoms with Crippen molar-refractivity contribution < 1.29 is 45.4 Å². The number of aromatic nitrogens is 2. The number of benzene rings is 1. The lowest BCUT2D eigenvalue weighted by molar-refractivity contribution is -0.154. The van der Waals surface area contributed by atoms with Gasteiger partial charge in [0, 0.05) is 38.8 Å². The summed E-state index contributed by atoms with van der Waals surface area (Å²) in [6, 6.07) is 9.78. The van der Waals surface area contributed by atoms with Gasteiger partial charge in [-0.15, -0.1) is 0 Å². The molecule has 2 aromatic rings. The van der Waals surface area contributed by atoms with Crippen LogP contribution >= 0.6 is 0 Å². The first-order valence-corrected chi connectivity index (χ1v) is 20.0. The molecule has 0 saturated carbocycles. The molecule has 2 N–H and O–H groups in total. The molecule has 1 aromatic heterocycles. The first-order valence-electron chi connectivity index (χ1n) is 18.5. The molecule has 0 unspecified atom stereocenters. The van der Waals surface area contributed by atoms with Crippen molar-refractivity contribution in [2.75, 3.05) is 49.1 Å². The van der Waals surface area contributed by atoms with Gasteiger partial charge >= 0.3 is 28.4 Å². The SMILES string of the molecule is CC(C)(C)OC(=O)CCN(C(=O)OC(C)(C)C)S(=O)(=O)NCCC1CCN(c2cc(N3CC[C@H]3C(=O)NCCc3ccc(C#N)cc3)nc(C(F)(F)F)n2)CC1. The Labute approximate surface area is 326 Å². The fourth-order valence-electron chi connectivity index (χ4n) is 6.11. The van der Waals surface area contributed by atoms with E-state index in [0.717, 1.165) is 5.56 Å². The molecule has 308 valence electrons. The van der Waals surface area contributed by atoms with Crippen LogP contribution in [0.2, 0.25) is 0 Å². The monoisotopic (exact) mass is 808 g/mol. The molecule has 56 heavy (non-hydrogen) atoms. The molecule has 19 heteroatoms. The Morgan fingerprint density at radius 1 is 0.929 bits per heavy atom. The van der Waals surface area contributed by atoms with Gasteiger partial charge in [-0.3, -0.25) is 9.59 Å². The first kappa shape index (κ1) is 44.0. The number of anilines is 2. The molecule has 2 saturated heterocycles. The molecular weight excluding hydrogens is 758 g/mol. The molecule has 0 aliphatic carbocycles. The Morgan fingerprint density at radius 2 is 1.55 bits per heavy atom. The number of carbonyl (C=O) groups excluding carboxylic acids is 3. The van der Waals surface area contributed by atoms with Gasteiger partial charge in [-0.05, 0) is 97.3 Å². The van der Waals surface area contributed by atoms with Crippen molar-refractivity contribution in [2.45, 2.75) is 103 Å². The first-order chi connectivity index (χ1) is 26.0. The third-order valence-electron chi connectivity index (χ3n) is 8.97. The number of ether oxygens (including phenoxy) is 2. The summed E-state index contributed by atoms with van der Waals surface area (Å²) >= 11 is 0. The van der Waals surface area contributed by atoms with Gasteiger partial charge in [0.2, 0.25) is 11.7 Å². The second-order valence-corrected chi connectivity index (χ2v) is 17.4. The average Bonchev–Trinajstić information content (AvgIpc) is 3.06. The number of nitriles is 1. The molecule has 0 spiro atoms. The molecule has 4 rings (SSSR count). The smallest absolute Gasteiger partial charge is 0.451 e. The number of piperidine rings is 1. The van der Waals surface area contributed by atoms with Gasteiger partial charge in [0.05, 0.1) is 24.6 Å². The standard InChI is InChI=1S/C37H51F3N8O7S/c1-35(2,3)54-31(49)16-22-48(34(51)55-36(4,5)6)56(52,53)43-18-12-26-13-19-46(20-14-26)29-23-30(45-33(44-29)37(38,39)40)47-21-15-28(47)32(50)42-17-11-25-7-9-27(24-41)10-8-25/h7-10,23,26,28,43H,11-22H2,1-6H3,(H,42,50)/t28-/m0/s1. The van der Waals surface area contributed by atoms with E-state index in [4.69, 9.17) is 14.7 Å². The van der Waals surface area contributed by atoms with Crippen molar-refractivity contribution in [1.29, 1.82) is 5.26 Å². The summed E-state index contributed by atoms with van der Waals surface area (Å²) in [6.45, 7) is 10.5. The van der Waals surface area contributed by atoms with Crippen LogP contribution in [0, 0.1) is 17.2 Å². The maximum Gasteiger partial charge on any atom is 0.451 e. The quantitative estimate of drug-likeness (QED) is 0.251. The van der Waals surface area contributed by atoms with E-state index in [1.807, 2.05) is 6.07 Å². The molecule has 0 radical (unpaired) electrons. The van der Waals surface area contributed by atoms with Crippen molar-refractivity contribution in [3.8, 4) is 6.07 Å². The molecule has 1 aromatic carbocycles. The zero-order valence-corrected chi connectivity index (χ0v) is 33.4. The lowest BCUT2D eigenvalue weighted by Gasteiger charge is -2.41. The number of hydrogen-bond donors (Lipinski definition) is 2. The summed E-state index contributed by atoms with van der Waals surface area (Å²) in [4.78, 5) is 49.1. The number of rotatable bonds is 14. The van der Waals surface area contributed by atoms with Gasteiger partial charge in [-0.25, -0.2) is 14.8 Å². The molecule has 2 aliphatic heterocycles. The van der Waals surface area contributed by atoms with Crippen molar-refractivity contribution in [1.82, 2.24) is 24.3 Å². The van der Waals surface area contributed by atoms with E-state index in [-0.39, 0.29) is 36.4 Å². The molecule has 15 nitrogen and oxygen atoms in total. The van der Waals surface area contributed by atoms with E-state index in [1.165, 1.54) is 11.0 Å². The van der Waals surface area contributed by atoms with Gasteiger partial charge < -0.3 is 24.6 Å². The van der Waals surface area contributed by atoms with Crippen LogP contribution in [0.5, 0.6) is 0 Å². The molecule has 3 heterocycles. The van der Waals surface area contributed by atoms with Crippen molar-refractivity contribution in [3.05, 3.63) is 47.3 Å². The summed E-state index contributed by atoms with van der Waals surface area (Å²) in [7, 11) is -4.42. The molecule has 2 amide bonds. The number of carbonyl (C=O) groups is 3. The Morgan fingerprint density at radius 3 is 2.11 bits per heavy atom. The summed E-state index contributed by atoms with van der Waals surface area (Å²) in [5.74, 6) is -2.25. The zero-order valence-electron chi connectivity index (χ0n) is 32.6. The Bertz CT molecular complexity index is 1850. The highest BCUT2D eigenvalue weighted by molar-refractivity contribution is 7.87. The average molecular weight is 809 g/mol. The second-order valence-electron chi connectivity index (χ2n) is 15.8. The number of amides is 2. The number of halogens is 3. The summed E-state index contributed by atoms with van der Waals surface area (Å²) < 4.78 is 82.0. The van der Waals surface area contributed by atoms with E-state index in [0.29, 0.717) is 68.2 Å². The van der Waals surface area contributed by atoms with E-state index in [9.17, 15) is 36.0 Å². The molecule has 2 fully saturated rings. The Balaban J connectivity index is 1.34. The topological polar surface area (TPSA) is 187 Å². The summed E-state index contributed by atoms with van der Waals surface area (Å²) in [6.07, 6.45) is -3.99. The van der Waals surface area contributed by atoms with Gasteiger partial charge in [0.1, 0.15) is 28.9 Å². The number of nitrogens with zero attached hydrogens (tertiary/aromatic N) is 6. The van der Waals surface area contributed by atoms with Crippen LogP contribution in [0.1, 0.15) is 90.6 Å². The van der Waals surface area contributed by atoms with Crippen LogP contribution in [0.4, 0.5) is 29.6 Å². The number of hydrogen-bond acceptors (Lipinski definition) is 12. The highest BCUT2D eigenvalue weighted by Gasteiger charge is 2.40. The van der Waals surface area contributed by atoms with E-state index >= 15 is 0 Å². The maximum absolute atomic E-state index is 14.0. The van der Waals surface area contributed by atoms with Crippen molar-refractivity contribution in [2.24, 2.45) is 5.92 Å². The van der Waals surface area contributed by atoms with Gasteiger partial charge in [0.15, 0.2) is 0 Å². The van der Waals surface area contributed by atoms with Crippen LogP contribution in [-0.4, -0.2) is 97.2 Å². The molecular formula is C37H51F3N8O7S. The van der Waals surface area contributed by atoms with Crippen LogP contribution in [-0.2, 0) is 41.9 Å². The van der Waals surface area contributed by atoms with E-state index in [2.05, 4.69) is 20.0 Å². The molecule has 1 atom stereocenters. The maximum atomic E-state index is 14.0. The third-order valence-corrected chi connectivity index (χ3v) is 10.4. The van der Waals surface area contributed by atoms with Gasteiger partial charge in [0.25, 0.3) is 0 Å². The van der Waals surface area contributed by atoms with Crippen molar-refractivity contribution in [3.63, 3.8) is 0 Å². The predicted molar refractivity (Wildman–Crippen MR) is 201 cm³/mol. The van der Waals surface area contributed by atoms with Gasteiger partial charge in [-0.1, -0.05) is 12.1 Å². The molecule has 2 aliphatic rings. The number of esters is 1. The molecule has 0 bridgehead atoms. The third kappa shape index (κ3) is 12.9. The number of nitrogens with one attached hydrogen (secondary N) is 2. The van der Waals surface area contributed by atoms with Crippen LogP contribution in [0.3, 0.4) is 0 Å². The van der Waals surface area contributed by atoms with Gasteiger partial charge in [-0.2, -0.15) is 35.9 Å². The fourth-order valence-corrected chi connectivity index (χ4v) is 7.21. The van der Waals surface area contributed by atoms with Crippen LogP contribution in [0.15, 0.2) is 30.3 Å². The lowest BCUT2D eigenvalue weighted by atomic mass is 9.93. The summed E-state index contributed by atoms with van der Waals surface area (Å²) in [5, 5.41) is 11.8. The zero-order chi connectivity index (χ0) is 41.5. The number of alkyl halides is 3. The normalized spacial score (nSPS) is 16.8. The van der Waals surface area contributed by atoms with Crippen LogP contribution in [0.25, 0.3) is 0 Å². The Kier molecular flexibility index (Phi) is 14.2. The van der Waals surface area contributed by atoms with Crippen LogP contribution < -0.4 is 19.8 Å². The second kappa shape index (κ2) is 18.0. The fraction of sp³-hybridized carbons (Fsp3) is 0.622. The van der Waals surface area contributed by atoms with Crippen molar-refractivity contribution >= 4 is 39.8 Å². The minimum absolute atomic E-state index is 0.00134. The minimum atomic E-state index is -4.83.